The number of aliphatic carboxylic acids is 2. The number of carboxylic acids is 2. The van der Waals surface area contributed by atoms with Crippen molar-refractivity contribution in [2.75, 3.05) is 19.6 Å². The van der Waals surface area contributed by atoms with Gasteiger partial charge in [-0.3, -0.25) is 14.5 Å². The van der Waals surface area contributed by atoms with Crippen LogP contribution in [0.4, 0.5) is 0 Å². The van der Waals surface area contributed by atoms with E-state index in [9.17, 15) is 9.59 Å². The summed E-state index contributed by atoms with van der Waals surface area (Å²) >= 11 is 0. The molecule has 0 aliphatic rings. The SMILES string of the molecule is CCC(C)CN(CC(=O)O)CC(=O)O.[CH3-].[Pt+2]. The molecule has 0 saturated carbocycles. The summed E-state index contributed by atoms with van der Waals surface area (Å²) < 4.78 is 0. The van der Waals surface area contributed by atoms with E-state index in [0.29, 0.717) is 12.5 Å². The molecule has 0 saturated heterocycles. The molecule has 6 heteroatoms. The summed E-state index contributed by atoms with van der Waals surface area (Å²) in [6.45, 7) is 4.05. The first-order valence-electron chi connectivity index (χ1n) is 4.61. The van der Waals surface area contributed by atoms with Crippen LogP contribution in [0.25, 0.3) is 0 Å². The predicted molar refractivity (Wildman–Crippen MR) is 57.6 cm³/mol. The Balaban J connectivity index is -0.000000845. The summed E-state index contributed by atoms with van der Waals surface area (Å²) in [7, 11) is 0. The maximum Gasteiger partial charge on any atom is 2.00 e. The molecule has 0 aliphatic heterocycles. The van der Waals surface area contributed by atoms with Crippen molar-refractivity contribution in [1.82, 2.24) is 4.90 Å². The third-order valence-electron chi connectivity index (χ3n) is 1.98. The van der Waals surface area contributed by atoms with E-state index in [4.69, 9.17) is 10.2 Å². The minimum absolute atomic E-state index is 0. The van der Waals surface area contributed by atoms with Crippen LogP contribution in [0.5, 0.6) is 0 Å². The van der Waals surface area contributed by atoms with E-state index in [1.165, 1.54) is 4.90 Å². The van der Waals surface area contributed by atoms with E-state index >= 15 is 0 Å². The van der Waals surface area contributed by atoms with E-state index in [1.807, 2.05) is 13.8 Å². The molecule has 0 rings (SSSR count). The fourth-order valence-electron chi connectivity index (χ4n) is 1.14. The fraction of sp³-hybridized carbons (Fsp3) is 0.700. The van der Waals surface area contributed by atoms with Gasteiger partial charge in [0.15, 0.2) is 0 Å². The number of carboxylic acid groups (broad SMARTS) is 2. The van der Waals surface area contributed by atoms with Crippen LogP contribution in [0.1, 0.15) is 20.3 Å². The van der Waals surface area contributed by atoms with Crippen molar-refractivity contribution in [3.05, 3.63) is 7.43 Å². The maximum atomic E-state index is 10.4. The maximum absolute atomic E-state index is 10.4. The van der Waals surface area contributed by atoms with Crippen molar-refractivity contribution in [2.45, 2.75) is 20.3 Å². The van der Waals surface area contributed by atoms with Crippen molar-refractivity contribution >= 4 is 11.9 Å². The Kier molecular flexibility index (Phi) is 14.5. The largest absolute Gasteiger partial charge is 2.00 e. The minimum Gasteiger partial charge on any atom is -0.480 e. The first-order valence-corrected chi connectivity index (χ1v) is 4.61. The first-order chi connectivity index (χ1) is 6.45. The molecule has 98 valence electrons. The smallest absolute Gasteiger partial charge is 0.480 e. The van der Waals surface area contributed by atoms with Crippen molar-refractivity contribution in [3.63, 3.8) is 0 Å². The Hall–Kier alpha value is -0.412. The number of carbonyl (C=O) groups is 2. The van der Waals surface area contributed by atoms with Crippen LogP contribution in [0.2, 0.25) is 0 Å². The topological polar surface area (TPSA) is 77.8 Å². The van der Waals surface area contributed by atoms with Gasteiger partial charge in [-0.2, -0.15) is 0 Å². The van der Waals surface area contributed by atoms with Gasteiger partial charge in [-0.1, -0.05) is 20.3 Å². The van der Waals surface area contributed by atoms with Gasteiger partial charge in [0.05, 0.1) is 13.1 Å². The molecule has 0 aliphatic carbocycles. The zero-order valence-corrected chi connectivity index (χ0v) is 12.2. The van der Waals surface area contributed by atoms with E-state index in [1.54, 1.807) is 0 Å². The summed E-state index contributed by atoms with van der Waals surface area (Å²) in [5.74, 6) is -1.67. The van der Waals surface area contributed by atoms with E-state index in [2.05, 4.69) is 0 Å². The second-order valence-electron chi connectivity index (χ2n) is 3.47. The van der Waals surface area contributed by atoms with Crippen LogP contribution >= 0.6 is 0 Å². The standard InChI is InChI=1S/C9H17NO4.CH3.Pt/c1-3-7(2)4-10(5-8(11)12)6-9(13)14;;/h7H,3-6H2,1-2H3,(H,11,12)(H,13,14);1H3;/q;-1;+2. The van der Waals surface area contributed by atoms with Gasteiger partial charge in [0.25, 0.3) is 0 Å². The molecule has 5 nitrogen and oxygen atoms in total. The number of hydrogen-bond acceptors (Lipinski definition) is 3. The Bertz CT molecular complexity index is 195. The Labute approximate surface area is 111 Å². The molecule has 2 N–H and O–H groups in total. The zero-order chi connectivity index (χ0) is 11.1. The molecule has 16 heavy (non-hydrogen) atoms. The zero-order valence-electron chi connectivity index (χ0n) is 9.88. The van der Waals surface area contributed by atoms with Gasteiger partial charge in [-0.25, -0.2) is 0 Å². The van der Waals surface area contributed by atoms with Crippen LogP contribution in [0.3, 0.4) is 0 Å². The van der Waals surface area contributed by atoms with Crippen LogP contribution in [0.15, 0.2) is 0 Å². The summed E-state index contributed by atoms with van der Waals surface area (Å²) in [6, 6.07) is 0. The molecule has 0 heterocycles. The van der Waals surface area contributed by atoms with E-state index in [0.717, 1.165) is 6.42 Å². The third kappa shape index (κ3) is 11.7. The fourth-order valence-corrected chi connectivity index (χ4v) is 1.14. The molecule has 0 radical (unpaired) electrons. The minimum atomic E-state index is -0.991. The van der Waals surface area contributed by atoms with Gasteiger partial charge < -0.3 is 17.6 Å². The average molecular weight is 413 g/mol. The molecule has 0 aromatic rings. The van der Waals surface area contributed by atoms with E-state index < -0.39 is 11.9 Å². The number of rotatable bonds is 7. The molecule has 0 spiro atoms. The quantitative estimate of drug-likeness (QED) is 0.608. The second-order valence-corrected chi connectivity index (χ2v) is 3.47. The van der Waals surface area contributed by atoms with Gasteiger partial charge in [0.2, 0.25) is 0 Å². The molecule has 0 aromatic heterocycles. The predicted octanol–water partition coefficient (Wildman–Crippen LogP) is 0.951. The molecule has 0 amide bonds. The van der Waals surface area contributed by atoms with Crippen LogP contribution < -0.4 is 0 Å². The molecule has 0 bridgehead atoms. The van der Waals surface area contributed by atoms with Gasteiger partial charge in [-0.05, 0) is 5.92 Å². The molecular weight excluding hydrogens is 393 g/mol. The summed E-state index contributed by atoms with van der Waals surface area (Å²) in [6.07, 6.45) is 0.912. The third-order valence-corrected chi connectivity index (χ3v) is 1.98. The summed E-state index contributed by atoms with van der Waals surface area (Å²) in [5, 5.41) is 17.1. The van der Waals surface area contributed by atoms with Crippen LogP contribution in [-0.4, -0.2) is 46.7 Å². The van der Waals surface area contributed by atoms with Gasteiger partial charge >= 0.3 is 33.0 Å². The van der Waals surface area contributed by atoms with Crippen molar-refractivity contribution < 1.29 is 40.9 Å². The first kappa shape index (κ1) is 20.9. The molecular formula is C10H20NO4Pt+. The van der Waals surface area contributed by atoms with Crippen LogP contribution in [0, 0.1) is 13.3 Å². The van der Waals surface area contributed by atoms with Crippen LogP contribution in [-0.2, 0) is 30.7 Å². The monoisotopic (exact) mass is 413 g/mol. The Morgan fingerprint density at radius 1 is 1.19 bits per heavy atom. The van der Waals surface area contributed by atoms with Crippen molar-refractivity contribution in [3.8, 4) is 0 Å². The Morgan fingerprint density at radius 2 is 1.56 bits per heavy atom. The molecule has 0 fully saturated rings. The van der Waals surface area contributed by atoms with Gasteiger partial charge in [0.1, 0.15) is 0 Å². The summed E-state index contributed by atoms with van der Waals surface area (Å²) in [4.78, 5) is 22.3. The molecule has 0 aromatic carbocycles. The Morgan fingerprint density at radius 3 is 1.81 bits per heavy atom. The average Bonchev–Trinajstić information content (AvgIpc) is 2.01. The number of hydrogen-bond donors (Lipinski definition) is 2. The van der Waals surface area contributed by atoms with E-state index in [-0.39, 0.29) is 41.6 Å². The summed E-state index contributed by atoms with van der Waals surface area (Å²) in [5.41, 5.74) is 0. The van der Waals surface area contributed by atoms with Gasteiger partial charge in [-0.15, -0.1) is 0 Å². The van der Waals surface area contributed by atoms with Gasteiger partial charge in [0, 0.05) is 6.54 Å². The molecule has 1 unspecified atom stereocenters. The molecule has 1 atom stereocenters. The van der Waals surface area contributed by atoms with Crippen molar-refractivity contribution in [1.29, 1.82) is 0 Å². The number of nitrogens with zero attached hydrogens (tertiary/aromatic N) is 1. The second kappa shape index (κ2) is 11.1. The van der Waals surface area contributed by atoms with Crippen molar-refractivity contribution in [2.24, 2.45) is 5.92 Å². The normalized spacial score (nSPS) is 11.2.